The van der Waals surface area contributed by atoms with Gasteiger partial charge in [0.05, 0.1) is 16.8 Å². The van der Waals surface area contributed by atoms with Gasteiger partial charge in [0, 0.05) is 19.8 Å². The minimum Gasteiger partial charge on any atom is -0.478 e. The summed E-state index contributed by atoms with van der Waals surface area (Å²) in [7, 11) is 1.80. The molecule has 0 spiro atoms. The van der Waals surface area contributed by atoms with Gasteiger partial charge in [0.2, 0.25) is 0 Å². The third-order valence-electron chi connectivity index (χ3n) is 3.09. The van der Waals surface area contributed by atoms with Gasteiger partial charge >= 0.3 is 5.97 Å². The summed E-state index contributed by atoms with van der Waals surface area (Å²) >= 11 is 0. The highest BCUT2D eigenvalue weighted by atomic mass is 16.4. The number of pyridine rings is 1. The lowest BCUT2D eigenvalue weighted by Crippen LogP contribution is -2.09. The molecule has 0 aliphatic carbocycles. The van der Waals surface area contributed by atoms with Crippen LogP contribution >= 0.6 is 0 Å². The van der Waals surface area contributed by atoms with Gasteiger partial charge < -0.3 is 10.4 Å². The molecule has 0 radical (unpaired) electrons. The highest BCUT2D eigenvalue weighted by Crippen LogP contribution is 2.28. The molecule has 0 saturated carbocycles. The van der Waals surface area contributed by atoms with E-state index in [-0.39, 0.29) is 5.56 Å². The summed E-state index contributed by atoms with van der Waals surface area (Å²) in [6, 6.07) is 0. The molecular weight excluding hydrogens is 244 g/mol. The van der Waals surface area contributed by atoms with E-state index in [1.54, 1.807) is 11.7 Å². The van der Waals surface area contributed by atoms with Gasteiger partial charge in [-0.15, -0.1) is 0 Å². The van der Waals surface area contributed by atoms with Crippen molar-refractivity contribution in [2.24, 2.45) is 7.05 Å². The predicted octanol–water partition coefficient (Wildman–Crippen LogP) is 2.19. The molecule has 2 N–H and O–H groups in total. The Morgan fingerprint density at radius 3 is 2.89 bits per heavy atom. The monoisotopic (exact) mass is 262 g/mol. The molecule has 6 nitrogen and oxygen atoms in total. The molecule has 0 amide bonds. The van der Waals surface area contributed by atoms with Crippen molar-refractivity contribution in [1.82, 2.24) is 14.8 Å². The topological polar surface area (TPSA) is 80.0 Å². The van der Waals surface area contributed by atoms with Gasteiger partial charge in [0.1, 0.15) is 5.56 Å². The maximum absolute atomic E-state index is 11.3. The van der Waals surface area contributed by atoms with E-state index < -0.39 is 5.97 Å². The maximum Gasteiger partial charge on any atom is 0.339 e. The van der Waals surface area contributed by atoms with Crippen LogP contribution in [0.5, 0.6) is 0 Å². The van der Waals surface area contributed by atoms with Crippen LogP contribution in [0.15, 0.2) is 6.20 Å². The number of carbonyl (C=O) groups is 1. The zero-order valence-electron chi connectivity index (χ0n) is 11.4. The average Bonchev–Trinajstić information content (AvgIpc) is 2.65. The largest absolute Gasteiger partial charge is 0.478 e. The van der Waals surface area contributed by atoms with Gasteiger partial charge in [-0.05, 0) is 13.3 Å². The normalized spacial score (nSPS) is 10.9. The molecular formula is C13H18N4O2. The van der Waals surface area contributed by atoms with Crippen LogP contribution in [0, 0.1) is 6.92 Å². The number of anilines is 1. The van der Waals surface area contributed by atoms with Crippen LogP contribution < -0.4 is 5.32 Å². The Hall–Kier alpha value is -2.11. The highest BCUT2D eigenvalue weighted by Gasteiger charge is 2.18. The molecule has 2 aromatic rings. The first kappa shape index (κ1) is 13.3. The minimum atomic E-state index is -0.975. The van der Waals surface area contributed by atoms with Crippen molar-refractivity contribution in [3.8, 4) is 0 Å². The van der Waals surface area contributed by atoms with Gasteiger partial charge in [0.25, 0.3) is 0 Å². The Balaban J connectivity index is 2.58. The van der Waals surface area contributed by atoms with Crippen LogP contribution in [0.25, 0.3) is 11.0 Å². The van der Waals surface area contributed by atoms with E-state index in [1.807, 2.05) is 6.92 Å². The molecule has 2 rings (SSSR count). The summed E-state index contributed by atoms with van der Waals surface area (Å²) in [4.78, 5) is 15.5. The maximum atomic E-state index is 11.3. The van der Waals surface area contributed by atoms with Crippen molar-refractivity contribution in [3.05, 3.63) is 17.5 Å². The Bertz CT molecular complexity index is 619. The molecule has 0 atom stereocenters. The van der Waals surface area contributed by atoms with Crippen LogP contribution in [0.3, 0.4) is 0 Å². The van der Waals surface area contributed by atoms with Crippen molar-refractivity contribution in [1.29, 1.82) is 0 Å². The second kappa shape index (κ2) is 5.26. The second-order valence-corrected chi connectivity index (χ2v) is 4.54. The summed E-state index contributed by atoms with van der Waals surface area (Å²) in [6.45, 7) is 4.70. The number of hydrogen-bond acceptors (Lipinski definition) is 4. The van der Waals surface area contributed by atoms with Gasteiger partial charge in [-0.1, -0.05) is 13.3 Å². The molecule has 102 valence electrons. The Morgan fingerprint density at radius 1 is 1.53 bits per heavy atom. The first-order valence-electron chi connectivity index (χ1n) is 6.35. The number of fused-ring (bicyclic) bond motifs is 1. The molecule has 0 aromatic carbocycles. The van der Waals surface area contributed by atoms with E-state index in [0.29, 0.717) is 11.3 Å². The highest BCUT2D eigenvalue weighted by molar-refractivity contribution is 6.04. The molecule has 0 saturated heterocycles. The number of hydrogen-bond donors (Lipinski definition) is 2. The van der Waals surface area contributed by atoms with E-state index in [9.17, 15) is 9.90 Å². The first-order valence-corrected chi connectivity index (χ1v) is 6.35. The number of unbranched alkanes of at least 4 members (excludes halogenated alkanes) is 1. The lowest BCUT2D eigenvalue weighted by molar-refractivity contribution is 0.0697. The zero-order valence-corrected chi connectivity index (χ0v) is 11.4. The molecule has 0 fully saturated rings. The van der Waals surface area contributed by atoms with Gasteiger partial charge in [-0.25, -0.2) is 9.78 Å². The van der Waals surface area contributed by atoms with E-state index >= 15 is 0 Å². The minimum absolute atomic E-state index is 0.194. The van der Waals surface area contributed by atoms with Crippen molar-refractivity contribution in [2.45, 2.75) is 26.7 Å². The van der Waals surface area contributed by atoms with Crippen molar-refractivity contribution >= 4 is 22.7 Å². The van der Waals surface area contributed by atoms with Gasteiger partial charge in [-0.3, -0.25) is 4.68 Å². The van der Waals surface area contributed by atoms with Crippen LogP contribution in [0.4, 0.5) is 5.69 Å². The predicted molar refractivity (Wildman–Crippen MR) is 73.6 cm³/mol. The lowest BCUT2D eigenvalue weighted by atomic mass is 10.1. The third kappa shape index (κ3) is 2.38. The summed E-state index contributed by atoms with van der Waals surface area (Å²) < 4.78 is 1.67. The van der Waals surface area contributed by atoms with E-state index in [4.69, 9.17) is 0 Å². The van der Waals surface area contributed by atoms with Crippen LogP contribution in [0.1, 0.15) is 35.8 Å². The number of rotatable bonds is 5. The molecule has 0 aliphatic heterocycles. The summed E-state index contributed by atoms with van der Waals surface area (Å²) in [6.07, 6.45) is 3.43. The number of aryl methyl sites for hydroxylation is 2. The lowest BCUT2D eigenvalue weighted by Gasteiger charge is -2.10. The molecule has 0 bridgehead atoms. The fraction of sp³-hybridized carbons (Fsp3) is 0.462. The van der Waals surface area contributed by atoms with Crippen molar-refractivity contribution < 1.29 is 9.90 Å². The number of aromatic carboxylic acids is 1. The Kier molecular flexibility index (Phi) is 3.69. The third-order valence-corrected chi connectivity index (χ3v) is 3.09. The molecule has 0 unspecified atom stereocenters. The quantitative estimate of drug-likeness (QED) is 0.807. The summed E-state index contributed by atoms with van der Waals surface area (Å²) in [5, 5.41) is 17.6. The molecule has 2 aromatic heterocycles. The number of nitrogens with one attached hydrogen (secondary N) is 1. The smallest absolute Gasteiger partial charge is 0.339 e. The van der Waals surface area contributed by atoms with Gasteiger partial charge in [0.15, 0.2) is 5.65 Å². The summed E-state index contributed by atoms with van der Waals surface area (Å²) in [5.41, 5.74) is 2.30. The summed E-state index contributed by atoms with van der Waals surface area (Å²) in [5.74, 6) is -0.975. The number of nitrogens with zero attached hydrogens (tertiary/aromatic N) is 3. The van der Waals surface area contributed by atoms with Crippen molar-refractivity contribution in [2.75, 3.05) is 11.9 Å². The van der Waals surface area contributed by atoms with Crippen molar-refractivity contribution in [3.63, 3.8) is 0 Å². The SMILES string of the molecule is CCCCNc1c(C(=O)O)cnc2c1c(C)nn2C. The number of carboxylic acids is 1. The fourth-order valence-electron chi connectivity index (χ4n) is 2.15. The van der Waals surface area contributed by atoms with Crippen LogP contribution in [-0.2, 0) is 7.05 Å². The molecule has 0 aliphatic rings. The number of carboxylic acid groups (broad SMARTS) is 1. The van der Waals surface area contributed by atoms with Crippen LogP contribution in [-0.4, -0.2) is 32.4 Å². The molecule has 6 heteroatoms. The Morgan fingerprint density at radius 2 is 2.26 bits per heavy atom. The van der Waals surface area contributed by atoms with E-state index in [1.165, 1.54) is 6.20 Å². The molecule has 19 heavy (non-hydrogen) atoms. The first-order chi connectivity index (χ1) is 9.06. The Labute approximate surface area is 111 Å². The van der Waals surface area contributed by atoms with Gasteiger partial charge in [-0.2, -0.15) is 5.10 Å². The van der Waals surface area contributed by atoms with Crippen LogP contribution in [0.2, 0.25) is 0 Å². The van der Waals surface area contributed by atoms with E-state index in [2.05, 4.69) is 22.3 Å². The second-order valence-electron chi connectivity index (χ2n) is 4.54. The standard InChI is InChI=1S/C13H18N4O2/c1-4-5-6-14-11-9(13(18)19)7-15-12-10(11)8(2)16-17(12)3/h7H,4-6H2,1-3H3,(H,14,15)(H,18,19). The fourth-order valence-corrected chi connectivity index (χ4v) is 2.15. The average molecular weight is 262 g/mol. The molecule has 2 heterocycles. The zero-order chi connectivity index (χ0) is 14.0. The van der Waals surface area contributed by atoms with E-state index in [0.717, 1.165) is 30.5 Å². The number of aromatic nitrogens is 3.